The predicted octanol–water partition coefficient (Wildman–Crippen LogP) is 6.03. The molecule has 5 heteroatoms. The zero-order valence-electron chi connectivity index (χ0n) is 16.6. The average molecular weight is 417 g/mol. The van der Waals surface area contributed by atoms with E-state index < -0.39 is 5.91 Å². The molecule has 0 aromatic heterocycles. The van der Waals surface area contributed by atoms with Gasteiger partial charge in [0.05, 0.1) is 0 Å². The number of aryl methyl sites for hydroxylation is 1. The van der Waals surface area contributed by atoms with Crippen molar-refractivity contribution >= 4 is 29.3 Å². The molecule has 3 aromatic rings. The van der Waals surface area contributed by atoms with Crippen molar-refractivity contribution in [2.24, 2.45) is 0 Å². The van der Waals surface area contributed by atoms with Gasteiger partial charge in [-0.2, -0.15) is 5.26 Å². The molecular formula is C25H21ClN2O2. The molecule has 3 rings (SSSR count). The van der Waals surface area contributed by atoms with Crippen molar-refractivity contribution in [2.45, 2.75) is 20.0 Å². The van der Waals surface area contributed by atoms with Crippen molar-refractivity contribution in [3.63, 3.8) is 0 Å². The largest absolute Gasteiger partial charge is 0.489 e. The van der Waals surface area contributed by atoms with Gasteiger partial charge in [0.1, 0.15) is 24.0 Å². The summed E-state index contributed by atoms with van der Waals surface area (Å²) in [5.74, 6) is 0.195. The van der Waals surface area contributed by atoms with Gasteiger partial charge in [0.15, 0.2) is 0 Å². The molecule has 1 amide bonds. The number of ether oxygens (including phenoxy) is 1. The lowest BCUT2D eigenvalue weighted by Gasteiger charge is -2.08. The molecule has 0 atom stereocenters. The maximum Gasteiger partial charge on any atom is 0.266 e. The number of hydrogen-bond donors (Lipinski definition) is 1. The molecule has 1 N–H and O–H groups in total. The Bertz CT molecular complexity index is 1080. The number of nitriles is 1. The number of halogens is 1. The maximum atomic E-state index is 12.5. The van der Waals surface area contributed by atoms with Gasteiger partial charge >= 0.3 is 0 Å². The zero-order valence-corrected chi connectivity index (χ0v) is 17.3. The maximum absolute atomic E-state index is 12.5. The fourth-order valence-corrected chi connectivity index (χ4v) is 2.90. The highest BCUT2D eigenvalue weighted by Gasteiger charge is 2.10. The van der Waals surface area contributed by atoms with Crippen LogP contribution in [0.25, 0.3) is 6.08 Å². The van der Waals surface area contributed by atoms with Gasteiger partial charge in [0, 0.05) is 10.7 Å². The molecular weight excluding hydrogens is 396 g/mol. The summed E-state index contributed by atoms with van der Waals surface area (Å²) in [4.78, 5) is 12.5. The molecule has 0 radical (unpaired) electrons. The minimum Gasteiger partial charge on any atom is -0.489 e. The summed E-state index contributed by atoms with van der Waals surface area (Å²) in [5, 5.41) is 12.9. The standard InChI is InChI=1S/C25H21ClN2O2/c1-2-18-8-12-23(13-9-18)28-25(29)21(16-27)14-20-4-3-5-24(15-20)30-17-19-6-10-22(26)11-7-19/h3-15H,2,17H2,1H3,(H,28,29)/b21-14-. The van der Waals surface area contributed by atoms with Gasteiger partial charge in [0.25, 0.3) is 5.91 Å². The Hall–Kier alpha value is -3.55. The van der Waals surface area contributed by atoms with Gasteiger partial charge < -0.3 is 10.1 Å². The van der Waals surface area contributed by atoms with Crippen LogP contribution in [0.1, 0.15) is 23.6 Å². The zero-order chi connectivity index (χ0) is 21.3. The van der Waals surface area contributed by atoms with Crippen molar-refractivity contribution in [1.29, 1.82) is 5.26 Å². The van der Waals surface area contributed by atoms with Gasteiger partial charge in [-0.1, -0.05) is 54.9 Å². The molecule has 150 valence electrons. The van der Waals surface area contributed by atoms with Crippen LogP contribution >= 0.6 is 11.6 Å². The number of amides is 1. The van der Waals surface area contributed by atoms with Crippen molar-refractivity contribution in [1.82, 2.24) is 0 Å². The molecule has 0 fully saturated rings. The van der Waals surface area contributed by atoms with Crippen molar-refractivity contribution in [2.75, 3.05) is 5.32 Å². The van der Waals surface area contributed by atoms with Gasteiger partial charge in [0.2, 0.25) is 0 Å². The van der Waals surface area contributed by atoms with E-state index in [0.717, 1.165) is 12.0 Å². The summed E-state index contributed by atoms with van der Waals surface area (Å²) in [6.45, 7) is 2.46. The lowest BCUT2D eigenvalue weighted by atomic mass is 10.1. The highest BCUT2D eigenvalue weighted by Crippen LogP contribution is 2.19. The second-order valence-corrected chi connectivity index (χ2v) is 7.10. The monoisotopic (exact) mass is 416 g/mol. The van der Waals surface area contributed by atoms with Crippen molar-refractivity contribution in [3.8, 4) is 11.8 Å². The molecule has 0 spiro atoms. The number of carbonyl (C=O) groups is 1. The number of benzene rings is 3. The molecule has 30 heavy (non-hydrogen) atoms. The second-order valence-electron chi connectivity index (χ2n) is 6.66. The lowest BCUT2D eigenvalue weighted by Crippen LogP contribution is -2.13. The Morgan fingerprint density at radius 2 is 1.77 bits per heavy atom. The minimum atomic E-state index is -0.450. The number of nitrogens with one attached hydrogen (secondary N) is 1. The number of carbonyl (C=O) groups excluding carboxylic acids is 1. The summed E-state index contributed by atoms with van der Waals surface area (Å²) < 4.78 is 5.81. The van der Waals surface area contributed by atoms with E-state index in [1.165, 1.54) is 5.56 Å². The van der Waals surface area contributed by atoms with E-state index in [1.807, 2.05) is 72.8 Å². The van der Waals surface area contributed by atoms with Crippen LogP contribution in [-0.4, -0.2) is 5.91 Å². The summed E-state index contributed by atoms with van der Waals surface area (Å²) >= 11 is 5.90. The molecule has 0 aliphatic rings. The van der Waals surface area contributed by atoms with Crippen LogP contribution in [0.4, 0.5) is 5.69 Å². The third-order valence-corrected chi connectivity index (χ3v) is 4.72. The summed E-state index contributed by atoms with van der Waals surface area (Å²) in [5.41, 5.74) is 3.55. The van der Waals surface area contributed by atoms with Gasteiger partial charge in [-0.05, 0) is 65.6 Å². The third kappa shape index (κ3) is 5.97. The Morgan fingerprint density at radius 3 is 2.43 bits per heavy atom. The molecule has 4 nitrogen and oxygen atoms in total. The topological polar surface area (TPSA) is 62.1 Å². The molecule has 3 aromatic carbocycles. The number of hydrogen-bond acceptors (Lipinski definition) is 3. The highest BCUT2D eigenvalue weighted by molar-refractivity contribution is 6.30. The van der Waals surface area contributed by atoms with Crippen molar-refractivity contribution in [3.05, 3.63) is 100 Å². The van der Waals surface area contributed by atoms with Gasteiger partial charge in [-0.15, -0.1) is 0 Å². The second kappa shape index (κ2) is 10.3. The third-order valence-electron chi connectivity index (χ3n) is 4.47. The smallest absolute Gasteiger partial charge is 0.266 e. The average Bonchev–Trinajstić information content (AvgIpc) is 2.78. The molecule has 0 saturated heterocycles. The normalized spacial score (nSPS) is 10.9. The Morgan fingerprint density at radius 1 is 1.07 bits per heavy atom. The minimum absolute atomic E-state index is 0.0180. The molecule has 0 bridgehead atoms. The van der Waals surface area contributed by atoms with Gasteiger partial charge in [-0.25, -0.2) is 0 Å². The van der Waals surface area contributed by atoms with Crippen LogP contribution in [0.5, 0.6) is 5.75 Å². The predicted molar refractivity (Wildman–Crippen MR) is 120 cm³/mol. The summed E-state index contributed by atoms with van der Waals surface area (Å²) in [6, 6.07) is 24.2. The molecule has 0 saturated carbocycles. The van der Waals surface area contributed by atoms with Crippen molar-refractivity contribution < 1.29 is 9.53 Å². The first-order valence-corrected chi connectivity index (χ1v) is 9.94. The Balaban J connectivity index is 1.68. The van der Waals surface area contributed by atoms with Crippen LogP contribution < -0.4 is 10.1 Å². The highest BCUT2D eigenvalue weighted by atomic mass is 35.5. The quantitative estimate of drug-likeness (QED) is 0.378. The number of nitrogens with zero attached hydrogens (tertiary/aromatic N) is 1. The number of anilines is 1. The Kier molecular flexibility index (Phi) is 7.26. The molecule has 0 aliphatic carbocycles. The first-order valence-electron chi connectivity index (χ1n) is 9.57. The molecule has 0 heterocycles. The van der Waals surface area contributed by atoms with Crippen LogP contribution in [0.15, 0.2) is 78.4 Å². The van der Waals surface area contributed by atoms with E-state index in [2.05, 4.69) is 12.2 Å². The molecule has 0 unspecified atom stereocenters. The van der Waals surface area contributed by atoms with Crippen LogP contribution in [0.3, 0.4) is 0 Å². The van der Waals surface area contributed by atoms with E-state index >= 15 is 0 Å². The fraction of sp³-hybridized carbons (Fsp3) is 0.120. The van der Waals surface area contributed by atoms with Crippen LogP contribution in [0, 0.1) is 11.3 Å². The number of rotatable bonds is 7. The SMILES string of the molecule is CCc1ccc(NC(=O)/C(C#N)=C\c2cccc(OCc3ccc(Cl)cc3)c2)cc1. The fourth-order valence-electron chi connectivity index (χ4n) is 2.78. The first-order chi connectivity index (χ1) is 14.6. The Labute approximate surface area is 181 Å². The lowest BCUT2D eigenvalue weighted by molar-refractivity contribution is -0.112. The first kappa shape index (κ1) is 21.2. The van der Waals surface area contributed by atoms with E-state index in [4.69, 9.17) is 16.3 Å². The van der Waals surface area contributed by atoms with E-state index in [0.29, 0.717) is 28.6 Å². The van der Waals surface area contributed by atoms with Crippen LogP contribution in [-0.2, 0) is 17.8 Å². The van der Waals surface area contributed by atoms with E-state index in [1.54, 1.807) is 12.1 Å². The van der Waals surface area contributed by atoms with Crippen LogP contribution in [0.2, 0.25) is 5.02 Å². The van der Waals surface area contributed by atoms with E-state index in [9.17, 15) is 10.1 Å². The molecule has 0 aliphatic heterocycles. The summed E-state index contributed by atoms with van der Waals surface area (Å²) in [6.07, 6.45) is 2.47. The summed E-state index contributed by atoms with van der Waals surface area (Å²) in [7, 11) is 0. The van der Waals surface area contributed by atoms with Gasteiger partial charge in [-0.3, -0.25) is 4.79 Å². The van der Waals surface area contributed by atoms with E-state index in [-0.39, 0.29) is 5.57 Å².